The Balaban J connectivity index is 1.96. The zero-order valence-corrected chi connectivity index (χ0v) is 10.8. The minimum absolute atomic E-state index is 0.134. The second kappa shape index (κ2) is 9.01. The lowest BCUT2D eigenvalue weighted by molar-refractivity contribution is -0.139. The monoisotopic (exact) mass is 254 g/mol. The summed E-state index contributed by atoms with van der Waals surface area (Å²) >= 11 is 1.58. The molecule has 1 rings (SSSR count). The number of hydrogen-bond donors (Lipinski definition) is 1. The second-order valence-electron chi connectivity index (χ2n) is 3.40. The van der Waals surface area contributed by atoms with E-state index in [1.807, 2.05) is 25.3 Å². The molecule has 0 aliphatic heterocycles. The highest BCUT2D eigenvalue weighted by atomic mass is 32.2. The number of esters is 1. The fourth-order valence-corrected chi connectivity index (χ4v) is 1.92. The second-order valence-corrected chi connectivity index (χ2v) is 4.50. The number of hydrogen-bond acceptors (Lipinski definition) is 5. The van der Waals surface area contributed by atoms with Crippen LogP contribution in [-0.2, 0) is 16.1 Å². The Kier molecular flexibility index (Phi) is 7.42. The number of aromatic nitrogens is 1. The lowest BCUT2D eigenvalue weighted by Crippen LogP contribution is -2.17. The molecule has 0 atom stereocenters. The van der Waals surface area contributed by atoms with E-state index in [-0.39, 0.29) is 5.97 Å². The summed E-state index contributed by atoms with van der Waals surface area (Å²) in [6.45, 7) is 3.96. The Morgan fingerprint density at radius 3 is 3.18 bits per heavy atom. The van der Waals surface area contributed by atoms with Crippen LogP contribution < -0.4 is 5.32 Å². The van der Waals surface area contributed by atoms with Crippen molar-refractivity contribution in [2.75, 3.05) is 24.7 Å². The number of carbonyl (C=O) groups excluding carboxylic acids is 1. The quantitative estimate of drug-likeness (QED) is 0.562. The predicted molar refractivity (Wildman–Crippen MR) is 69.9 cm³/mol. The van der Waals surface area contributed by atoms with E-state index in [2.05, 4.69) is 10.3 Å². The van der Waals surface area contributed by atoms with Crippen molar-refractivity contribution >= 4 is 17.7 Å². The number of nitrogens with one attached hydrogen (secondary N) is 1. The zero-order chi connectivity index (χ0) is 12.3. The number of nitrogens with zero attached hydrogens (tertiary/aromatic N) is 1. The van der Waals surface area contributed by atoms with E-state index in [4.69, 9.17) is 4.74 Å². The molecule has 0 aliphatic rings. The van der Waals surface area contributed by atoms with Crippen molar-refractivity contribution in [1.82, 2.24) is 10.3 Å². The van der Waals surface area contributed by atoms with E-state index >= 15 is 0 Å². The van der Waals surface area contributed by atoms with E-state index in [1.165, 1.54) is 5.56 Å². The summed E-state index contributed by atoms with van der Waals surface area (Å²) < 4.78 is 4.83. The first kappa shape index (κ1) is 14.0. The van der Waals surface area contributed by atoms with Gasteiger partial charge in [0.1, 0.15) is 0 Å². The lowest BCUT2D eigenvalue weighted by atomic mass is 10.3. The summed E-state index contributed by atoms with van der Waals surface area (Å²) in [6.07, 6.45) is 3.61. The smallest absolute Gasteiger partial charge is 0.315 e. The third-order valence-electron chi connectivity index (χ3n) is 2.00. The molecule has 0 unspecified atom stereocenters. The number of thioether (sulfide) groups is 1. The molecule has 0 aromatic carbocycles. The van der Waals surface area contributed by atoms with Crippen LogP contribution in [0.4, 0.5) is 0 Å². The Bertz CT molecular complexity index is 320. The van der Waals surface area contributed by atoms with Gasteiger partial charge in [-0.2, -0.15) is 0 Å². The fraction of sp³-hybridized carbons (Fsp3) is 0.500. The van der Waals surface area contributed by atoms with Crippen LogP contribution in [0.2, 0.25) is 0 Å². The van der Waals surface area contributed by atoms with Crippen LogP contribution in [0.5, 0.6) is 0 Å². The first-order valence-corrected chi connectivity index (χ1v) is 6.81. The number of ether oxygens (including phenoxy) is 1. The van der Waals surface area contributed by atoms with Gasteiger partial charge < -0.3 is 10.1 Å². The van der Waals surface area contributed by atoms with Crippen molar-refractivity contribution in [1.29, 1.82) is 0 Å². The van der Waals surface area contributed by atoms with Gasteiger partial charge in [0.25, 0.3) is 0 Å². The molecule has 1 N–H and O–H groups in total. The minimum Gasteiger partial charge on any atom is -0.465 e. The van der Waals surface area contributed by atoms with Crippen LogP contribution in [-0.4, -0.2) is 35.6 Å². The summed E-state index contributed by atoms with van der Waals surface area (Å²) in [5.41, 5.74) is 1.17. The summed E-state index contributed by atoms with van der Waals surface area (Å²) in [4.78, 5) is 15.1. The van der Waals surface area contributed by atoms with Gasteiger partial charge in [-0.15, -0.1) is 11.8 Å². The molecule has 1 heterocycles. The van der Waals surface area contributed by atoms with Crippen molar-refractivity contribution in [3.63, 3.8) is 0 Å². The van der Waals surface area contributed by atoms with Gasteiger partial charge in [-0.25, -0.2) is 0 Å². The largest absolute Gasteiger partial charge is 0.465 e. The summed E-state index contributed by atoms with van der Waals surface area (Å²) in [5, 5.41) is 3.29. The number of rotatable bonds is 8. The zero-order valence-electron chi connectivity index (χ0n) is 10.0. The third-order valence-corrected chi connectivity index (χ3v) is 2.93. The molecule has 0 spiro atoms. The molecule has 0 amide bonds. The van der Waals surface area contributed by atoms with E-state index < -0.39 is 0 Å². The van der Waals surface area contributed by atoms with Crippen LogP contribution in [0.25, 0.3) is 0 Å². The molecule has 0 fully saturated rings. The molecule has 0 saturated heterocycles. The van der Waals surface area contributed by atoms with Gasteiger partial charge in [0.2, 0.25) is 0 Å². The molecular weight excluding hydrogens is 236 g/mol. The predicted octanol–water partition coefficient (Wildman–Crippen LogP) is 1.47. The average molecular weight is 254 g/mol. The Morgan fingerprint density at radius 1 is 1.59 bits per heavy atom. The molecule has 0 aliphatic carbocycles. The third kappa shape index (κ3) is 6.97. The van der Waals surface area contributed by atoms with Crippen molar-refractivity contribution in [2.45, 2.75) is 13.5 Å². The topological polar surface area (TPSA) is 51.2 Å². The molecule has 17 heavy (non-hydrogen) atoms. The molecule has 0 bridgehead atoms. The van der Waals surface area contributed by atoms with Crippen molar-refractivity contribution in [2.24, 2.45) is 0 Å². The van der Waals surface area contributed by atoms with E-state index in [0.717, 1.165) is 18.8 Å². The standard InChI is InChI=1S/C12H18N2O2S/c1-2-16-12(15)10-17-7-6-14-9-11-4-3-5-13-8-11/h3-5,8,14H,2,6-7,9-10H2,1H3. The van der Waals surface area contributed by atoms with Crippen LogP contribution in [0.15, 0.2) is 24.5 Å². The van der Waals surface area contributed by atoms with Gasteiger partial charge in [0.05, 0.1) is 12.4 Å². The lowest BCUT2D eigenvalue weighted by Gasteiger charge is -2.04. The van der Waals surface area contributed by atoms with E-state index in [0.29, 0.717) is 12.4 Å². The maximum Gasteiger partial charge on any atom is 0.315 e. The van der Waals surface area contributed by atoms with Crippen LogP contribution >= 0.6 is 11.8 Å². The highest BCUT2D eigenvalue weighted by molar-refractivity contribution is 7.99. The van der Waals surface area contributed by atoms with Gasteiger partial charge in [-0.1, -0.05) is 6.07 Å². The number of pyridine rings is 1. The highest BCUT2D eigenvalue weighted by Gasteiger charge is 2.00. The minimum atomic E-state index is -0.134. The average Bonchev–Trinajstić information content (AvgIpc) is 2.35. The summed E-state index contributed by atoms with van der Waals surface area (Å²) in [7, 11) is 0. The summed E-state index contributed by atoms with van der Waals surface area (Å²) in [5.74, 6) is 1.20. The normalized spacial score (nSPS) is 10.2. The maximum absolute atomic E-state index is 11.0. The van der Waals surface area contributed by atoms with Gasteiger partial charge >= 0.3 is 5.97 Å². The fourth-order valence-electron chi connectivity index (χ4n) is 1.24. The van der Waals surface area contributed by atoms with Crippen LogP contribution in [0.1, 0.15) is 12.5 Å². The first-order chi connectivity index (χ1) is 8.33. The molecule has 4 nitrogen and oxygen atoms in total. The molecule has 1 aromatic rings. The molecule has 0 saturated carbocycles. The maximum atomic E-state index is 11.0. The van der Waals surface area contributed by atoms with Crippen molar-refractivity contribution in [3.8, 4) is 0 Å². The molecule has 0 radical (unpaired) electrons. The van der Waals surface area contributed by atoms with Crippen LogP contribution in [0.3, 0.4) is 0 Å². The van der Waals surface area contributed by atoms with Crippen LogP contribution in [0, 0.1) is 0 Å². The molecule has 5 heteroatoms. The Hall–Kier alpha value is -1.07. The Morgan fingerprint density at radius 2 is 2.47 bits per heavy atom. The molecule has 94 valence electrons. The van der Waals surface area contributed by atoms with Gasteiger partial charge in [0.15, 0.2) is 0 Å². The van der Waals surface area contributed by atoms with E-state index in [9.17, 15) is 4.79 Å². The van der Waals surface area contributed by atoms with Crippen molar-refractivity contribution < 1.29 is 9.53 Å². The molecular formula is C12H18N2O2S. The highest BCUT2D eigenvalue weighted by Crippen LogP contribution is 2.00. The Labute approximate surface area is 106 Å². The van der Waals surface area contributed by atoms with Gasteiger partial charge in [-0.3, -0.25) is 9.78 Å². The summed E-state index contributed by atoms with van der Waals surface area (Å²) in [6, 6.07) is 3.96. The number of carbonyl (C=O) groups is 1. The van der Waals surface area contributed by atoms with Gasteiger partial charge in [-0.05, 0) is 18.6 Å². The molecule has 1 aromatic heterocycles. The van der Waals surface area contributed by atoms with Crippen molar-refractivity contribution in [3.05, 3.63) is 30.1 Å². The van der Waals surface area contributed by atoms with Gasteiger partial charge in [0, 0.05) is 31.2 Å². The van der Waals surface area contributed by atoms with E-state index in [1.54, 1.807) is 18.0 Å². The first-order valence-electron chi connectivity index (χ1n) is 5.66. The SMILES string of the molecule is CCOC(=O)CSCCNCc1cccnc1.